The van der Waals surface area contributed by atoms with Crippen LogP contribution in [-0.2, 0) is 0 Å². The van der Waals surface area contributed by atoms with Crippen LogP contribution in [0.1, 0.15) is 22.3 Å². The summed E-state index contributed by atoms with van der Waals surface area (Å²) >= 11 is 1.69. The number of amides is 1. The molecule has 1 N–H and O–H groups in total. The fourth-order valence-electron chi connectivity index (χ4n) is 3.40. The molecule has 22 heavy (non-hydrogen) atoms. The molecule has 1 amide bonds. The zero-order valence-corrected chi connectivity index (χ0v) is 14.3. The van der Waals surface area contributed by atoms with Gasteiger partial charge in [-0.1, -0.05) is 6.07 Å². The lowest BCUT2D eigenvalue weighted by molar-refractivity contribution is 0.0772. The Hall–Kier alpha value is -1.04. The highest BCUT2D eigenvalue weighted by Gasteiger charge is 2.31. The maximum absolute atomic E-state index is 12.9. The summed E-state index contributed by atoms with van der Waals surface area (Å²) in [7, 11) is 0. The van der Waals surface area contributed by atoms with Crippen molar-refractivity contribution in [2.45, 2.75) is 24.3 Å². The standard InChI is InChI=1S/C17H25N3OS/c1-13-3-4-15(22-2)11-16(13)17(21)20-8-5-14(12-20)19-9-6-18-7-10-19/h3-4,11,14,18H,5-10,12H2,1-2H3. The number of benzene rings is 1. The Bertz CT molecular complexity index is 543. The van der Waals surface area contributed by atoms with Crippen molar-refractivity contribution in [1.29, 1.82) is 0 Å². The van der Waals surface area contributed by atoms with E-state index in [-0.39, 0.29) is 5.91 Å². The summed E-state index contributed by atoms with van der Waals surface area (Å²) in [6.07, 6.45) is 3.15. The van der Waals surface area contributed by atoms with Crippen molar-refractivity contribution in [1.82, 2.24) is 15.1 Å². The van der Waals surface area contributed by atoms with E-state index in [9.17, 15) is 4.79 Å². The van der Waals surface area contributed by atoms with Gasteiger partial charge in [0.1, 0.15) is 0 Å². The van der Waals surface area contributed by atoms with E-state index in [2.05, 4.69) is 28.6 Å². The molecule has 2 aliphatic heterocycles. The van der Waals surface area contributed by atoms with Crippen LogP contribution in [-0.4, -0.2) is 67.3 Å². The quantitative estimate of drug-likeness (QED) is 0.863. The van der Waals surface area contributed by atoms with Gasteiger partial charge in [0.15, 0.2) is 0 Å². The molecule has 2 heterocycles. The van der Waals surface area contributed by atoms with Gasteiger partial charge in [0.25, 0.3) is 5.91 Å². The average molecular weight is 319 g/mol. The van der Waals surface area contributed by atoms with Crippen molar-refractivity contribution in [3.63, 3.8) is 0 Å². The van der Waals surface area contributed by atoms with E-state index < -0.39 is 0 Å². The molecule has 120 valence electrons. The summed E-state index contributed by atoms with van der Waals surface area (Å²) < 4.78 is 0. The van der Waals surface area contributed by atoms with Gasteiger partial charge in [-0.15, -0.1) is 11.8 Å². The number of carbonyl (C=O) groups excluding carboxylic acids is 1. The van der Waals surface area contributed by atoms with Gasteiger partial charge in [0.2, 0.25) is 0 Å². The highest BCUT2D eigenvalue weighted by molar-refractivity contribution is 7.98. The third-order valence-corrected chi connectivity index (χ3v) is 5.52. The fraction of sp³-hybridized carbons (Fsp3) is 0.588. The summed E-state index contributed by atoms with van der Waals surface area (Å²) in [5, 5.41) is 3.39. The number of hydrogen-bond donors (Lipinski definition) is 1. The summed E-state index contributed by atoms with van der Waals surface area (Å²) in [5.74, 6) is 0.200. The predicted molar refractivity (Wildman–Crippen MR) is 91.7 cm³/mol. The van der Waals surface area contributed by atoms with Crippen molar-refractivity contribution in [2.24, 2.45) is 0 Å². The molecule has 1 atom stereocenters. The second kappa shape index (κ2) is 7.02. The van der Waals surface area contributed by atoms with Crippen LogP contribution in [0.25, 0.3) is 0 Å². The number of nitrogens with zero attached hydrogens (tertiary/aromatic N) is 2. The Labute approximate surface area is 137 Å². The van der Waals surface area contributed by atoms with E-state index >= 15 is 0 Å². The van der Waals surface area contributed by atoms with Crippen molar-refractivity contribution >= 4 is 17.7 Å². The SMILES string of the molecule is CSc1ccc(C)c(C(=O)N2CCC(N3CCNCC3)C2)c1. The maximum Gasteiger partial charge on any atom is 0.254 e. The second-order valence-electron chi connectivity index (χ2n) is 6.16. The molecule has 1 unspecified atom stereocenters. The zero-order valence-electron chi connectivity index (χ0n) is 13.5. The highest BCUT2D eigenvalue weighted by atomic mass is 32.2. The highest BCUT2D eigenvalue weighted by Crippen LogP contribution is 2.23. The van der Waals surface area contributed by atoms with Crippen molar-refractivity contribution in [2.75, 3.05) is 45.5 Å². The molecule has 3 rings (SSSR count). The van der Waals surface area contributed by atoms with E-state index in [0.29, 0.717) is 6.04 Å². The van der Waals surface area contributed by atoms with E-state index in [1.165, 1.54) is 0 Å². The Morgan fingerprint density at radius 1 is 1.27 bits per heavy atom. The van der Waals surface area contributed by atoms with Crippen LogP contribution < -0.4 is 5.32 Å². The van der Waals surface area contributed by atoms with Gasteiger partial charge in [0, 0.05) is 55.8 Å². The van der Waals surface area contributed by atoms with Gasteiger partial charge in [-0.2, -0.15) is 0 Å². The van der Waals surface area contributed by atoms with E-state index in [1.54, 1.807) is 11.8 Å². The molecular weight excluding hydrogens is 294 g/mol. The minimum Gasteiger partial charge on any atom is -0.337 e. The molecule has 0 aliphatic carbocycles. The third-order valence-electron chi connectivity index (χ3n) is 4.79. The van der Waals surface area contributed by atoms with E-state index in [0.717, 1.165) is 61.7 Å². The minimum atomic E-state index is 0.200. The molecule has 4 nitrogen and oxygen atoms in total. The van der Waals surface area contributed by atoms with E-state index in [1.807, 2.05) is 17.9 Å². The number of hydrogen-bond acceptors (Lipinski definition) is 4. The minimum absolute atomic E-state index is 0.200. The van der Waals surface area contributed by atoms with Crippen LogP contribution in [0.4, 0.5) is 0 Å². The number of nitrogens with one attached hydrogen (secondary N) is 1. The smallest absolute Gasteiger partial charge is 0.254 e. The van der Waals surface area contributed by atoms with Gasteiger partial charge in [-0.25, -0.2) is 0 Å². The number of carbonyl (C=O) groups is 1. The summed E-state index contributed by atoms with van der Waals surface area (Å²) in [6, 6.07) is 6.73. The van der Waals surface area contributed by atoms with Crippen molar-refractivity contribution < 1.29 is 4.79 Å². The van der Waals surface area contributed by atoms with Crippen LogP contribution in [0.3, 0.4) is 0 Å². The van der Waals surface area contributed by atoms with Crippen molar-refractivity contribution in [3.8, 4) is 0 Å². The molecule has 2 aliphatic rings. The molecule has 1 aromatic rings. The topological polar surface area (TPSA) is 35.6 Å². The lowest BCUT2D eigenvalue weighted by atomic mass is 10.1. The molecule has 0 aromatic heterocycles. The number of rotatable bonds is 3. The third kappa shape index (κ3) is 3.31. The zero-order chi connectivity index (χ0) is 15.5. The average Bonchev–Trinajstić information content (AvgIpc) is 3.05. The number of piperazine rings is 1. The molecule has 0 spiro atoms. The lowest BCUT2D eigenvalue weighted by Gasteiger charge is -2.32. The first-order valence-corrected chi connectivity index (χ1v) is 9.30. The normalized spacial score (nSPS) is 23.0. The summed E-state index contributed by atoms with van der Waals surface area (Å²) in [5.41, 5.74) is 1.95. The number of thioether (sulfide) groups is 1. The Kier molecular flexibility index (Phi) is 5.06. The van der Waals surface area contributed by atoms with Gasteiger partial charge in [0.05, 0.1) is 0 Å². The van der Waals surface area contributed by atoms with Gasteiger partial charge in [-0.05, 0) is 37.3 Å². The monoisotopic (exact) mass is 319 g/mol. The molecule has 0 saturated carbocycles. The van der Waals surface area contributed by atoms with Crippen LogP contribution in [0, 0.1) is 6.92 Å². The summed E-state index contributed by atoms with van der Waals surface area (Å²) in [4.78, 5) is 18.6. The van der Waals surface area contributed by atoms with Gasteiger partial charge in [-0.3, -0.25) is 9.69 Å². The van der Waals surface area contributed by atoms with Gasteiger partial charge >= 0.3 is 0 Å². The largest absolute Gasteiger partial charge is 0.337 e. The first-order chi connectivity index (χ1) is 10.7. The Morgan fingerprint density at radius 3 is 2.77 bits per heavy atom. The molecule has 0 radical (unpaired) electrons. The predicted octanol–water partition coefficient (Wildman–Crippen LogP) is 1.84. The molecule has 0 bridgehead atoms. The molecule has 1 aromatic carbocycles. The molecule has 2 fully saturated rings. The van der Waals surface area contributed by atoms with Gasteiger partial charge < -0.3 is 10.2 Å². The molecule has 5 heteroatoms. The second-order valence-corrected chi connectivity index (χ2v) is 7.04. The number of aryl methyl sites for hydroxylation is 1. The maximum atomic E-state index is 12.9. The summed E-state index contributed by atoms with van der Waals surface area (Å²) in [6.45, 7) is 8.14. The van der Waals surface area contributed by atoms with Crippen LogP contribution >= 0.6 is 11.8 Å². The number of likely N-dealkylation sites (tertiary alicyclic amines) is 1. The lowest BCUT2D eigenvalue weighted by Crippen LogP contribution is -2.49. The fourth-order valence-corrected chi connectivity index (χ4v) is 3.84. The first-order valence-electron chi connectivity index (χ1n) is 8.07. The van der Waals surface area contributed by atoms with Crippen LogP contribution in [0.5, 0.6) is 0 Å². The Balaban J connectivity index is 1.68. The van der Waals surface area contributed by atoms with Crippen LogP contribution in [0.15, 0.2) is 23.1 Å². The molecular formula is C17H25N3OS. The Morgan fingerprint density at radius 2 is 2.05 bits per heavy atom. The van der Waals surface area contributed by atoms with Crippen molar-refractivity contribution in [3.05, 3.63) is 29.3 Å². The van der Waals surface area contributed by atoms with E-state index in [4.69, 9.17) is 0 Å². The molecule has 2 saturated heterocycles. The first kappa shape index (κ1) is 15.8. The van der Waals surface area contributed by atoms with Crippen LogP contribution in [0.2, 0.25) is 0 Å².